The summed E-state index contributed by atoms with van der Waals surface area (Å²) in [7, 11) is 1.64. The average molecular weight is 444 g/mol. The van der Waals surface area contributed by atoms with Crippen molar-refractivity contribution >= 4 is 53.3 Å². The molecule has 7 heteroatoms. The third-order valence-corrected chi connectivity index (χ3v) is 3.45. The van der Waals surface area contributed by atoms with E-state index in [1.165, 1.54) is 0 Å². The zero-order valence-corrected chi connectivity index (χ0v) is 16.5. The minimum atomic E-state index is 0. The van der Waals surface area contributed by atoms with Gasteiger partial charge in [-0.05, 0) is 25.3 Å². The Hall–Kier alpha value is -0.340. The van der Waals surface area contributed by atoms with Gasteiger partial charge in [-0.1, -0.05) is 17.7 Å². The topological polar surface area (TPSA) is 45.7 Å². The Morgan fingerprint density at radius 2 is 2.14 bits per heavy atom. The Morgan fingerprint density at radius 1 is 1.38 bits per heavy atom. The van der Waals surface area contributed by atoms with E-state index in [2.05, 4.69) is 28.8 Å². The summed E-state index contributed by atoms with van der Waals surface area (Å²) in [6.07, 6.45) is 2.09. The molecule has 0 aromatic heterocycles. The van der Waals surface area contributed by atoms with Crippen LogP contribution in [0.2, 0.25) is 5.02 Å². The van der Waals surface area contributed by atoms with E-state index in [0.717, 1.165) is 36.1 Å². The van der Waals surface area contributed by atoms with Gasteiger partial charge in [0.1, 0.15) is 5.75 Å². The number of thioether (sulfide) groups is 1. The maximum absolute atomic E-state index is 5.95. The summed E-state index contributed by atoms with van der Waals surface area (Å²) in [6.45, 7) is 4.33. The van der Waals surface area contributed by atoms with Crippen LogP contribution in [0.5, 0.6) is 5.75 Å². The smallest absolute Gasteiger partial charge is 0.191 e. The van der Waals surface area contributed by atoms with Gasteiger partial charge in [-0.2, -0.15) is 11.8 Å². The lowest BCUT2D eigenvalue weighted by atomic mass is 10.2. The lowest BCUT2D eigenvalue weighted by Crippen LogP contribution is -2.38. The molecule has 0 fully saturated rings. The van der Waals surface area contributed by atoms with Crippen molar-refractivity contribution in [2.75, 3.05) is 32.2 Å². The van der Waals surface area contributed by atoms with Gasteiger partial charge in [0, 0.05) is 29.4 Å². The van der Waals surface area contributed by atoms with Crippen molar-refractivity contribution in [1.29, 1.82) is 0 Å². The van der Waals surface area contributed by atoms with E-state index in [1.807, 2.05) is 12.1 Å². The Labute approximate surface area is 153 Å². The van der Waals surface area contributed by atoms with Crippen LogP contribution in [-0.4, -0.2) is 38.2 Å². The summed E-state index contributed by atoms with van der Waals surface area (Å²) in [4.78, 5) is 4.56. The highest BCUT2D eigenvalue weighted by atomic mass is 127. The second-order valence-electron chi connectivity index (χ2n) is 4.07. The highest BCUT2D eigenvalue weighted by Gasteiger charge is 2.04. The van der Waals surface area contributed by atoms with E-state index in [1.54, 1.807) is 24.9 Å². The summed E-state index contributed by atoms with van der Waals surface area (Å²) in [5.74, 6) is 2.63. The van der Waals surface area contributed by atoms with E-state index < -0.39 is 0 Å². The standard InChI is InChI=1S/C14H22ClN3OS.HI/c1-4-16-14(17-7-8-20-3)18-10-11-5-6-12(15)9-13(11)19-2;/h5-6,9H,4,7-8,10H2,1-3H3,(H2,16,17,18);1H. The summed E-state index contributed by atoms with van der Waals surface area (Å²) < 4.78 is 5.32. The van der Waals surface area contributed by atoms with Crippen LogP contribution in [0, 0.1) is 0 Å². The summed E-state index contributed by atoms with van der Waals surface area (Å²) >= 11 is 7.75. The largest absolute Gasteiger partial charge is 0.496 e. The molecule has 1 aromatic rings. The van der Waals surface area contributed by atoms with Crippen molar-refractivity contribution in [2.24, 2.45) is 4.99 Å². The quantitative estimate of drug-likeness (QED) is 0.293. The van der Waals surface area contributed by atoms with Gasteiger partial charge in [0.15, 0.2) is 5.96 Å². The van der Waals surface area contributed by atoms with Crippen molar-refractivity contribution in [1.82, 2.24) is 10.6 Å². The first-order valence-electron chi connectivity index (χ1n) is 6.54. The molecular formula is C14H23ClIN3OS. The molecule has 0 saturated carbocycles. The van der Waals surface area contributed by atoms with E-state index >= 15 is 0 Å². The lowest BCUT2D eigenvalue weighted by molar-refractivity contribution is 0.410. The molecule has 21 heavy (non-hydrogen) atoms. The first-order valence-corrected chi connectivity index (χ1v) is 8.32. The van der Waals surface area contributed by atoms with Crippen molar-refractivity contribution in [3.8, 4) is 5.75 Å². The van der Waals surface area contributed by atoms with Crippen LogP contribution in [-0.2, 0) is 6.54 Å². The Kier molecular flexibility index (Phi) is 12.0. The van der Waals surface area contributed by atoms with Gasteiger partial charge in [0.05, 0.1) is 13.7 Å². The molecule has 1 rings (SSSR count). The normalized spacial score (nSPS) is 10.8. The number of ether oxygens (including phenoxy) is 1. The third-order valence-electron chi connectivity index (χ3n) is 2.60. The molecular weight excluding hydrogens is 421 g/mol. The van der Waals surface area contributed by atoms with Crippen molar-refractivity contribution < 1.29 is 4.74 Å². The molecule has 0 aliphatic rings. The average Bonchev–Trinajstić information content (AvgIpc) is 2.45. The Morgan fingerprint density at radius 3 is 2.76 bits per heavy atom. The molecule has 1 aromatic carbocycles. The fourth-order valence-electron chi connectivity index (χ4n) is 1.63. The number of methoxy groups -OCH3 is 1. The van der Waals surface area contributed by atoms with Gasteiger partial charge in [-0.15, -0.1) is 24.0 Å². The maximum Gasteiger partial charge on any atom is 0.191 e. The zero-order valence-electron chi connectivity index (χ0n) is 12.6. The number of nitrogens with zero attached hydrogens (tertiary/aromatic N) is 1. The molecule has 0 heterocycles. The van der Waals surface area contributed by atoms with Gasteiger partial charge >= 0.3 is 0 Å². The zero-order chi connectivity index (χ0) is 14.8. The van der Waals surface area contributed by atoms with Crippen molar-refractivity contribution in [3.05, 3.63) is 28.8 Å². The van der Waals surface area contributed by atoms with E-state index in [9.17, 15) is 0 Å². The fourth-order valence-corrected chi connectivity index (χ4v) is 2.09. The number of guanidine groups is 1. The molecule has 0 saturated heterocycles. The Balaban J connectivity index is 0.00000400. The number of benzene rings is 1. The second kappa shape index (κ2) is 12.2. The predicted molar refractivity (Wildman–Crippen MR) is 105 cm³/mol. The van der Waals surface area contributed by atoms with Crippen LogP contribution in [0.3, 0.4) is 0 Å². The van der Waals surface area contributed by atoms with Gasteiger partial charge in [0.25, 0.3) is 0 Å². The number of halogens is 2. The SMILES string of the molecule is CCNC(=NCc1ccc(Cl)cc1OC)NCCSC.I. The summed E-state index contributed by atoms with van der Waals surface area (Å²) in [6, 6.07) is 5.60. The molecule has 0 aliphatic heterocycles. The molecule has 0 bridgehead atoms. The van der Waals surface area contributed by atoms with Crippen LogP contribution in [0.1, 0.15) is 12.5 Å². The third kappa shape index (κ3) is 8.01. The van der Waals surface area contributed by atoms with E-state index in [4.69, 9.17) is 16.3 Å². The van der Waals surface area contributed by atoms with E-state index in [-0.39, 0.29) is 24.0 Å². The first kappa shape index (κ1) is 20.7. The van der Waals surface area contributed by atoms with Gasteiger partial charge in [-0.3, -0.25) is 0 Å². The van der Waals surface area contributed by atoms with Gasteiger partial charge in [-0.25, -0.2) is 4.99 Å². The maximum atomic E-state index is 5.95. The molecule has 120 valence electrons. The van der Waals surface area contributed by atoms with Crippen LogP contribution >= 0.6 is 47.3 Å². The molecule has 2 N–H and O–H groups in total. The minimum absolute atomic E-state index is 0. The highest BCUT2D eigenvalue weighted by molar-refractivity contribution is 14.0. The molecule has 0 radical (unpaired) electrons. The molecule has 0 amide bonds. The molecule has 0 unspecified atom stereocenters. The van der Waals surface area contributed by atoms with Gasteiger partial charge < -0.3 is 15.4 Å². The number of nitrogens with one attached hydrogen (secondary N) is 2. The lowest BCUT2D eigenvalue weighted by Gasteiger charge is -2.11. The van der Waals surface area contributed by atoms with E-state index in [0.29, 0.717) is 11.6 Å². The second-order valence-corrected chi connectivity index (χ2v) is 5.49. The van der Waals surface area contributed by atoms with Crippen LogP contribution in [0.15, 0.2) is 23.2 Å². The van der Waals surface area contributed by atoms with Crippen molar-refractivity contribution in [3.63, 3.8) is 0 Å². The van der Waals surface area contributed by atoms with Crippen LogP contribution < -0.4 is 15.4 Å². The monoisotopic (exact) mass is 443 g/mol. The summed E-state index contributed by atoms with van der Waals surface area (Å²) in [5.41, 5.74) is 1.01. The Bertz CT molecular complexity index is 446. The number of aliphatic imine (C=N–C) groups is 1. The first-order chi connectivity index (χ1) is 9.71. The van der Waals surface area contributed by atoms with Gasteiger partial charge in [0.2, 0.25) is 0 Å². The molecule has 0 aliphatic carbocycles. The summed E-state index contributed by atoms with van der Waals surface area (Å²) in [5, 5.41) is 7.18. The molecule has 4 nitrogen and oxygen atoms in total. The number of hydrogen-bond donors (Lipinski definition) is 2. The minimum Gasteiger partial charge on any atom is -0.496 e. The van der Waals surface area contributed by atoms with Crippen LogP contribution in [0.25, 0.3) is 0 Å². The molecule has 0 spiro atoms. The molecule has 0 atom stereocenters. The fraction of sp³-hybridized carbons (Fsp3) is 0.500. The predicted octanol–water partition coefficient (Wildman–Crippen LogP) is 3.38. The van der Waals surface area contributed by atoms with Crippen molar-refractivity contribution in [2.45, 2.75) is 13.5 Å². The highest BCUT2D eigenvalue weighted by Crippen LogP contribution is 2.23. The number of hydrogen-bond acceptors (Lipinski definition) is 3. The van der Waals surface area contributed by atoms with Crippen LogP contribution in [0.4, 0.5) is 0 Å². The number of rotatable bonds is 7.